The van der Waals surface area contributed by atoms with Crippen LogP contribution in [0.4, 0.5) is 5.82 Å². The van der Waals surface area contributed by atoms with Crippen LogP contribution in [0.2, 0.25) is 0 Å². The van der Waals surface area contributed by atoms with Crippen LogP contribution in [0.3, 0.4) is 0 Å². The molecule has 1 saturated carbocycles. The molecule has 1 unspecified atom stereocenters. The monoisotopic (exact) mass is 262 g/mol. The Bertz CT molecular complexity index is 440. The van der Waals surface area contributed by atoms with Gasteiger partial charge in [-0.15, -0.1) is 5.10 Å². The first-order chi connectivity index (χ1) is 9.13. The second-order valence-corrected chi connectivity index (χ2v) is 5.53. The van der Waals surface area contributed by atoms with Crippen LogP contribution in [0.25, 0.3) is 0 Å². The van der Waals surface area contributed by atoms with E-state index >= 15 is 0 Å². The zero-order chi connectivity index (χ0) is 14.0. The number of nitrogens with two attached hydrogens (primary N) is 1. The topological polar surface area (TPSA) is 55.0 Å². The van der Waals surface area contributed by atoms with E-state index in [0.717, 1.165) is 30.3 Å². The molecule has 1 atom stereocenters. The maximum absolute atomic E-state index is 5.99. The van der Waals surface area contributed by atoms with Crippen LogP contribution >= 0.6 is 0 Å². The molecule has 0 radical (unpaired) electrons. The van der Waals surface area contributed by atoms with E-state index in [1.165, 1.54) is 24.0 Å². The van der Waals surface area contributed by atoms with Crippen LogP contribution in [0.1, 0.15) is 50.4 Å². The Balaban J connectivity index is 2.38. The molecule has 2 N–H and O–H groups in total. The summed E-state index contributed by atoms with van der Waals surface area (Å²) in [4.78, 5) is 2.27. The minimum absolute atomic E-state index is 0.525. The van der Waals surface area contributed by atoms with Crippen LogP contribution in [0.5, 0.6) is 0 Å². The molecule has 4 heteroatoms. The van der Waals surface area contributed by atoms with Gasteiger partial charge in [0.2, 0.25) is 0 Å². The molecule has 1 fully saturated rings. The fraction of sp³-hybridized carbons (Fsp3) is 0.733. The summed E-state index contributed by atoms with van der Waals surface area (Å²) in [5.41, 5.74) is 9.56. The summed E-state index contributed by atoms with van der Waals surface area (Å²) >= 11 is 0. The predicted octanol–water partition coefficient (Wildman–Crippen LogP) is 2.29. The van der Waals surface area contributed by atoms with Gasteiger partial charge in [0.25, 0.3) is 0 Å². The zero-order valence-electron chi connectivity index (χ0n) is 12.6. The normalized spacial score (nSPS) is 16.5. The SMILES string of the molecule is CCc1nnc(N(C)C(C)C2CC2)c(CN)c1CC. The molecule has 1 aromatic rings. The van der Waals surface area contributed by atoms with Crippen molar-refractivity contribution >= 4 is 5.82 Å². The van der Waals surface area contributed by atoms with Gasteiger partial charge in [0, 0.05) is 25.2 Å². The molecule has 4 nitrogen and oxygen atoms in total. The molecule has 1 aliphatic rings. The van der Waals surface area contributed by atoms with Crippen LogP contribution < -0.4 is 10.6 Å². The van der Waals surface area contributed by atoms with Gasteiger partial charge in [-0.1, -0.05) is 13.8 Å². The van der Waals surface area contributed by atoms with Crippen LogP contribution in [-0.2, 0) is 19.4 Å². The molecule has 1 aliphatic carbocycles. The summed E-state index contributed by atoms with van der Waals surface area (Å²) in [6.45, 7) is 7.12. The fourth-order valence-electron chi connectivity index (χ4n) is 2.82. The average molecular weight is 262 g/mol. The number of rotatable bonds is 6. The second-order valence-electron chi connectivity index (χ2n) is 5.53. The van der Waals surface area contributed by atoms with E-state index in [9.17, 15) is 0 Å². The molecule has 106 valence electrons. The summed E-state index contributed by atoms with van der Waals surface area (Å²) in [7, 11) is 2.12. The molecule has 1 heterocycles. The number of hydrogen-bond acceptors (Lipinski definition) is 4. The quantitative estimate of drug-likeness (QED) is 0.854. The summed E-state index contributed by atoms with van der Waals surface area (Å²) < 4.78 is 0. The van der Waals surface area contributed by atoms with Crippen molar-refractivity contribution in [3.63, 3.8) is 0 Å². The van der Waals surface area contributed by atoms with Crippen molar-refractivity contribution in [1.82, 2.24) is 10.2 Å². The highest BCUT2D eigenvalue weighted by molar-refractivity contribution is 5.51. The molecule has 1 aromatic heterocycles. The molecule has 0 amide bonds. The van der Waals surface area contributed by atoms with E-state index in [-0.39, 0.29) is 0 Å². The summed E-state index contributed by atoms with van der Waals surface area (Å²) in [5.74, 6) is 1.80. The van der Waals surface area contributed by atoms with Crippen molar-refractivity contribution in [2.24, 2.45) is 11.7 Å². The van der Waals surface area contributed by atoms with Crippen molar-refractivity contribution in [2.75, 3.05) is 11.9 Å². The highest BCUT2D eigenvalue weighted by Crippen LogP contribution is 2.36. The molecular weight excluding hydrogens is 236 g/mol. The Morgan fingerprint density at radius 3 is 2.37 bits per heavy atom. The van der Waals surface area contributed by atoms with Gasteiger partial charge in [-0.05, 0) is 44.1 Å². The van der Waals surface area contributed by atoms with Crippen molar-refractivity contribution in [3.05, 3.63) is 16.8 Å². The highest BCUT2D eigenvalue weighted by atomic mass is 15.3. The molecule has 0 saturated heterocycles. The Hall–Kier alpha value is -1.16. The van der Waals surface area contributed by atoms with Gasteiger partial charge in [0.05, 0.1) is 5.69 Å². The van der Waals surface area contributed by atoms with Crippen molar-refractivity contribution in [3.8, 4) is 0 Å². The van der Waals surface area contributed by atoms with Crippen molar-refractivity contribution in [2.45, 2.75) is 59.0 Å². The lowest BCUT2D eigenvalue weighted by Gasteiger charge is -2.28. The Kier molecular flexibility index (Phi) is 4.40. The second kappa shape index (κ2) is 5.87. The lowest BCUT2D eigenvalue weighted by Crippen LogP contribution is -2.33. The smallest absolute Gasteiger partial charge is 0.156 e. The van der Waals surface area contributed by atoms with E-state index < -0.39 is 0 Å². The number of aromatic nitrogens is 2. The van der Waals surface area contributed by atoms with E-state index in [1.807, 2.05) is 0 Å². The van der Waals surface area contributed by atoms with Crippen LogP contribution in [0, 0.1) is 5.92 Å². The molecule has 0 bridgehead atoms. The summed E-state index contributed by atoms with van der Waals surface area (Å²) in [6.07, 6.45) is 4.57. The zero-order valence-corrected chi connectivity index (χ0v) is 12.6. The first kappa shape index (κ1) is 14.3. The van der Waals surface area contributed by atoms with E-state index in [0.29, 0.717) is 12.6 Å². The summed E-state index contributed by atoms with van der Waals surface area (Å²) in [6, 6.07) is 0.525. The van der Waals surface area contributed by atoms with E-state index in [4.69, 9.17) is 5.73 Å². The summed E-state index contributed by atoms with van der Waals surface area (Å²) in [5, 5.41) is 8.87. The number of nitrogens with zero attached hydrogens (tertiary/aromatic N) is 3. The van der Waals surface area contributed by atoms with E-state index in [2.05, 4.69) is 42.9 Å². The predicted molar refractivity (Wildman–Crippen MR) is 79.3 cm³/mol. The Morgan fingerprint density at radius 1 is 1.21 bits per heavy atom. The van der Waals surface area contributed by atoms with Gasteiger partial charge in [-0.25, -0.2) is 0 Å². The first-order valence-corrected chi connectivity index (χ1v) is 7.44. The van der Waals surface area contributed by atoms with Gasteiger partial charge >= 0.3 is 0 Å². The average Bonchev–Trinajstić information content (AvgIpc) is 3.28. The first-order valence-electron chi connectivity index (χ1n) is 7.44. The lowest BCUT2D eigenvalue weighted by atomic mass is 10.0. The molecule has 2 rings (SSSR count). The lowest BCUT2D eigenvalue weighted by molar-refractivity contribution is 0.596. The molecule has 0 aliphatic heterocycles. The fourth-order valence-corrected chi connectivity index (χ4v) is 2.82. The third kappa shape index (κ3) is 2.73. The Labute approximate surface area is 116 Å². The van der Waals surface area contributed by atoms with Crippen LogP contribution in [-0.4, -0.2) is 23.3 Å². The number of hydrogen-bond donors (Lipinski definition) is 1. The number of anilines is 1. The highest BCUT2D eigenvalue weighted by Gasteiger charge is 2.32. The third-order valence-electron chi connectivity index (χ3n) is 4.39. The van der Waals surface area contributed by atoms with Gasteiger partial charge in [-0.2, -0.15) is 5.10 Å². The molecule has 0 spiro atoms. The maximum atomic E-state index is 5.99. The van der Waals surface area contributed by atoms with Crippen molar-refractivity contribution in [1.29, 1.82) is 0 Å². The Morgan fingerprint density at radius 2 is 1.89 bits per heavy atom. The molecular formula is C15H26N4. The van der Waals surface area contributed by atoms with Gasteiger partial charge in [-0.3, -0.25) is 0 Å². The standard InChI is InChI=1S/C15H26N4/c1-5-12-13(9-16)15(18-17-14(12)6-2)19(4)10(3)11-7-8-11/h10-11H,5-9,16H2,1-4H3. The van der Waals surface area contributed by atoms with Gasteiger partial charge < -0.3 is 10.6 Å². The largest absolute Gasteiger partial charge is 0.355 e. The maximum Gasteiger partial charge on any atom is 0.156 e. The molecule has 0 aromatic carbocycles. The van der Waals surface area contributed by atoms with Gasteiger partial charge in [0.15, 0.2) is 5.82 Å². The van der Waals surface area contributed by atoms with Gasteiger partial charge in [0.1, 0.15) is 0 Å². The third-order valence-corrected chi connectivity index (χ3v) is 4.39. The molecule has 19 heavy (non-hydrogen) atoms. The van der Waals surface area contributed by atoms with Crippen LogP contribution in [0.15, 0.2) is 0 Å². The minimum atomic E-state index is 0.525. The number of aryl methyl sites for hydroxylation is 1. The van der Waals surface area contributed by atoms with Crippen molar-refractivity contribution < 1.29 is 0 Å². The van der Waals surface area contributed by atoms with E-state index in [1.54, 1.807) is 0 Å². The minimum Gasteiger partial charge on any atom is -0.355 e.